The molecule has 0 fully saturated rings. The Morgan fingerprint density at radius 1 is 0.597 bits per heavy atom. The van der Waals surface area contributed by atoms with Crippen LogP contribution in [-0.4, -0.2) is 146 Å². The summed E-state index contributed by atoms with van der Waals surface area (Å²) in [5, 5.41) is 28.9. The molecule has 7 rings (SSSR count). The zero-order chi connectivity index (χ0) is 48.2. The Bertz CT molecular complexity index is 2650. The van der Waals surface area contributed by atoms with E-state index in [4.69, 9.17) is 4.55 Å². The van der Waals surface area contributed by atoms with Gasteiger partial charge in [0.25, 0.3) is 33.7 Å². The van der Waals surface area contributed by atoms with Gasteiger partial charge in [-0.1, -0.05) is 60.9 Å². The minimum absolute atomic E-state index is 0.00674. The summed E-state index contributed by atoms with van der Waals surface area (Å²) in [5.41, 5.74) is 3.85. The molecule has 22 heteroatoms. The summed E-state index contributed by atoms with van der Waals surface area (Å²) in [6.45, 7) is 5.65. The van der Waals surface area contributed by atoms with Gasteiger partial charge >= 0.3 is 0 Å². The molecule has 6 heterocycles. The summed E-state index contributed by atoms with van der Waals surface area (Å²) in [4.78, 5) is 63.1. The first kappa shape index (κ1) is 49.9. The van der Waals surface area contributed by atoms with Crippen LogP contribution in [0.1, 0.15) is 116 Å². The molecule has 0 atom stereocenters. The van der Waals surface area contributed by atoms with Gasteiger partial charge in [-0.15, -0.1) is 10.2 Å². The van der Waals surface area contributed by atoms with E-state index in [0.29, 0.717) is 67.1 Å². The number of carbonyl (C=O) groups is 4. The van der Waals surface area contributed by atoms with Crippen LogP contribution < -0.4 is 21.3 Å². The third-order valence-corrected chi connectivity index (χ3v) is 12.0. The predicted octanol–water partition coefficient (Wildman–Crippen LogP) is 2.76. The summed E-state index contributed by atoms with van der Waals surface area (Å²) in [7, 11) is 4.02. The Morgan fingerprint density at radius 2 is 0.985 bits per heavy atom. The van der Waals surface area contributed by atoms with Gasteiger partial charge in [0.15, 0.2) is 0 Å². The van der Waals surface area contributed by atoms with Gasteiger partial charge in [-0.3, -0.25) is 23.7 Å². The van der Waals surface area contributed by atoms with Crippen molar-refractivity contribution in [1.82, 2.24) is 61.2 Å². The van der Waals surface area contributed by atoms with Gasteiger partial charge in [0.2, 0.25) is 0 Å². The summed E-state index contributed by atoms with van der Waals surface area (Å²) in [5.74, 6) is -2.26. The molecule has 4 aromatic heterocycles. The summed E-state index contributed by atoms with van der Waals surface area (Å²) in [6.07, 6.45) is 8.73. The Hall–Kier alpha value is -6.49. The third-order valence-electron chi connectivity index (χ3n) is 11.2. The fourth-order valence-corrected chi connectivity index (χ4v) is 8.06. The molecule has 5 N–H and O–H groups in total. The first-order valence-electron chi connectivity index (χ1n) is 22.5. The first-order chi connectivity index (χ1) is 31.8. The van der Waals surface area contributed by atoms with Crippen LogP contribution >= 0.6 is 0 Å². The van der Waals surface area contributed by atoms with Crippen molar-refractivity contribution in [3.05, 3.63) is 106 Å². The fraction of sp³-hybridized carbons (Fsp3) is 0.467. The molecular formula is C45H62N14O7S+2. The molecule has 67 heavy (non-hydrogen) atoms. The second-order valence-corrected chi connectivity index (χ2v) is 19.8. The molecule has 2 aliphatic rings. The minimum atomic E-state index is -4.08. The molecule has 358 valence electrons. The average molecular weight is 943 g/mol. The largest absolute Gasteiger partial charge is 0.351 e. The molecule has 2 aliphatic heterocycles. The van der Waals surface area contributed by atoms with Crippen molar-refractivity contribution in [1.29, 1.82) is 0 Å². The number of quaternary nitrogens is 2. The maximum absolute atomic E-state index is 13.6. The van der Waals surface area contributed by atoms with Crippen molar-refractivity contribution < 1.29 is 41.1 Å². The molecule has 5 aromatic rings. The summed E-state index contributed by atoms with van der Waals surface area (Å²) < 4.78 is 35.7. The molecule has 4 amide bonds. The standard InChI is InChI=1S/C45H60N14O7S/c1-6-7-19-58(2,3)30-34-28-56(54-52-34)36-22-38-42(60)46-17-10-8-9-11-18-47-43(61)39-23-37(57-29-35(53-55-57)31-59(4,5)20-12-21-67(64,65)66)25-41(51-39)45(63)49-27-33-15-13-32(14-16-33)26-48-44(62)40(24-36)50-38/h13-16,22-25,28-29H,6-12,17-21,26-27,30-31H2,1-5H3,(H3-2,46,47,48,49,60,61,62,63,64,65,66)/p+2. The average Bonchev–Trinajstić information content (AvgIpc) is 3.96. The van der Waals surface area contributed by atoms with Crippen LogP contribution in [-0.2, 0) is 36.3 Å². The highest BCUT2D eigenvalue weighted by Gasteiger charge is 2.23. The second-order valence-electron chi connectivity index (χ2n) is 18.2. The number of rotatable bonds is 13. The number of benzene rings is 1. The molecule has 0 saturated carbocycles. The van der Waals surface area contributed by atoms with Crippen LogP contribution in [0.3, 0.4) is 0 Å². The van der Waals surface area contributed by atoms with E-state index in [2.05, 4.69) is 72.9 Å². The second kappa shape index (κ2) is 22.3. The van der Waals surface area contributed by atoms with E-state index in [1.165, 1.54) is 16.8 Å². The zero-order valence-electron chi connectivity index (χ0n) is 38.9. The molecule has 6 bridgehead atoms. The van der Waals surface area contributed by atoms with Crippen LogP contribution in [0.25, 0.3) is 11.4 Å². The molecule has 1 aromatic carbocycles. The van der Waals surface area contributed by atoms with Crippen molar-refractivity contribution in [2.75, 3.05) is 60.1 Å². The number of carbonyl (C=O) groups excluding carboxylic acids is 4. The minimum Gasteiger partial charge on any atom is -0.351 e. The van der Waals surface area contributed by atoms with Crippen LogP contribution in [0.15, 0.2) is 60.9 Å². The fourth-order valence-electron chi connectivity index (χ4n) is 7.56. The van der Waals surface area contributed by atoms with Crippen molar-refractivity contribution in [3.63, 3.8) is 0 Å². The number of pyridine rings is 2. The van der Waals surface area contributed by atoms with E-state index < -0.39 is 33.7 Å². The molecule has 0 unspecified atom stereocenters. The quantitative estimate of drug-likeness (QED) is 0.0842. The Kier molecular flexibility index (Phi) is 16.6. The molecular weight excluding hydrogens is 881 g/mol. The SMILES string of the molecule is CCCC[N+](C)(C)Cc1cn(-c2cc3nc(c2)C(=O)NCc2ccc(cc2)CNC(=O)c2cc(-n4cc(C[N+](C)(C)CCCS(=O)(=O)O)nn4)cc(n2)C(=O)NCCCCCCNC3=O)nn1. The molecule has 0 spiro atoms. The van der Waals surface area contributed by atoms with E-state index in [9.17, 15) is 27.6 Å². The zero-order valence-corrected chi connectivity index (χ0v) is 39.7. The van der Waals surface area contributed by atoms with Crippen molar-refractivity contribution in [2.24, 2.45) is 0 Å². The molecule has 0 radical (unpaired) electrons. The lowest BCUT2D eigenvalue weighted by molar-refractivity contribution is -0.904. The highest BCUT2D eigenvalue weighted by atomic mass is 32.2. The maximum Gasteiger partial charge on any atom is 0.270 e. The topological polar surface area (TPSA) is 258 Å². The first-order valence-corrected chi connectivity index (χ1v) is 24.1. The lowest BCUT2D eigenvalue weighted by atomic mass is 10.1. The van der Waals surface area contributed by atoms with Crippen LogP contribution in [0.2, 0.25) is 0 Å². The van der Waals surface area contributed by atoms with Gasteiger partial charge in [0.1, 0.15) is 47.3 Å². The van der Waals surface area contributed by atoms with E-state index in [-0.39, 0.29) is 48.0 Å². The van der Waals surface area contributed by atoms with Crippen molar-refractivity contribution >= 4 is 33.7 Å². The number of hydrogen-bond donors (Lipinski definition) is 5. The number of nitrogens with zero attached hydrogens (tertiary/aromatic N) is 10. The number of hydrogen-bond acceptors (Lipinski definition) is 12. The lowest BCUT2D eigenvalue weighted by Gasteiger charge is -2.28. The highest BCUT2D eigenvalue weighted by molar-refractivity contribution is 7.85. The molecule has 0 saturated heterocycles. The number of amides is 4. The summed E-state index contributed by atoms with van der Waals surface area (Å²) >= 11 is 0. The summed E-state index contributed by atoms with van der Waals surface area (Å²) in [6, 6.07) is 13.5. The number of nitrogens with one attached hydrogen (secondary N) is 4. The van der Waals surface area contributed by atoms with Gasteiger partial charge in [-0.25, -0.2) is 19.3 Å². The number of unbranched alkanes of at least 4 members (excludes halogenated alkanes) is 1. The monoisotopic (exact) mass is 942 g/mol. The Balaban J connectivity index is 1.18. The lowest BCUT2D eigenvalue weighted by Crippen LogP contribution is -2.40. The smallest absolute Gasteiger partial charge is 0.270 e. The third kappa shape index (κ3) is 15.3. The molecule has 21 nitrogen and oxygen atoms in total. The van der Waals surface area contributed by atoms with Gasteiger partial charge in [-0.2, -0.15) is 8.42 Å². The van der Waals surface area contributed by atoms with Gasteiger partial charge in [0, 0.05) is 32.6 Å². The Labute approximate surface area is 390 Å². The normalized spacial score (nSPS) is 15.1. The molecule has 0 aliphatic carbocycles. The number of aromatic nitrogens is 8. The maximum atomic E-state index is 13.6. The van der Waals surface area contributed by atoms with E-state index in [1.54, 1.807) is 23.0 Å². The van der Waals surface area contributed by atoms with Crippen LogP contribution in [0, 0.1) is 0 Å². The van der Waals surface area contributed by atoms with Crippen molar-refractivity contribution in [3.8, 4) is 11.4 Å². The Morgan fingerprint density at radius 3 is 1.37 bits per heavy atom. The van der Waals surface area contributed by atoms with E-state index in [1.807, 2.05) is 44.6 Å². The van der Waals surface area contributed by atoms with Gasteiger partial charge in [0.05, 0.1) is 70.8 Å². The van der Waals surface area contributed by atoms with Crippen LogP contribution in [0.4, 0.5) is 0 Å². The number of fused-ring (bicyclic) bond motifs is 15. The predicted molar refractivity (Wildman–Crippen MR) is 248 cm³/mol. The van der Waals surface area contributed by atoms with E-state index >= 15 is 0 Å². The highest BCUT2D eigenvalue weighted by Crippen LogP contribution is 2.17. The van der Waals surface area contributed by atoms with Gasteiger partial charge in [-0.05, 0) is 54.7 Å². The van der Waals surface area contributed by atoms with Crippen molar-refractivity contribution in [2.45, 2.75) is 78.0 Å². The van der Waals surface area contributed by atoms with Crippen LogP contribution in [0.5, 0.6) is 0 Å². The van der Waals surface area contributed by atoms with E-state index in [0.717, 1.165) is 53.5 Å². The van der Waals surface area contributed by atoms with Gasteiger partial charge < -0.3 is 30.2 Å².